The SMILES string of the molecule is O=C(NCCc1ccc(O)cc1)C(=O)NC1CCN(Cc2ccccc2)CC1. The molecular formula is C22H27N3O3. The lowest BCUT2D eigenvalue weighted by atomic mass is 10.0. The van der Waals surface area contributed by atoms with Crippen molar-refractivity contribution in [3.05, 3.63) is 65.7 Å². The molecule has 3 rings (SSSR count). The molecule has 0 aromatic heterocycles. The molecule has 2 aromatic rings. The highest BCUT2D eigenvalue weighted by Crippen LogP contribution is 2.14. The van der Waals surface area contributed by atoms with Crippen LogP contribution in [0.3, 0.4) is 0 Å². The number of carbonyl (C=O) groups is 2. The molecule has 0 aliphatic carbocycles. The van der Waals surface area contributed by atoms with Crippen LogP contribution in [0.25, 0.3) is 0 Å². The zero-order valence-corrected chi connectivity index (χ0v) is 15.9. The fourth-order valence-electron chi connectivity index (χ4n) is 3.39. The second kappa shape index (κ2) is 9.90. The molecule has 6 heteroatoms. The lowest BCUT2D eigenvalue weighted by Crippen LogP contribution is -2.49. The second-order valence-corrected chi connectivity index (χ2v) is 7.18. The third kappa shape index (κ3) is 6.09. The van der Waals surface area contributed by atoms with E-state index in [1.807, 2.05) is 18.2 Å². The Balaban J connectivity index is 1.34. The highest BCUT2D eigenvalue weighted by atomic mass is 16.3. The molecule has 148 valence electrons. The first-order valence-corrected chi connectivity index (χ1v) is 9.73. The molecule has 3 N–H and O–H groups in total. The smallest absolute Gasteiger partial charge is 0.309 e. The van der Waals surface area contributed by atoms with Gasteiger partial charge in [0.05, 0.1) is 0 Å². The number of aromatic hydroxyl groups is 1. The number of amides is 2. The fraction of sp³-hybridized carbons (Fsp3) is 0.364. The van der Waals surface area contributed by atoms with Crippen molar-refractivity contribution in [2.24, 2.45) is 0 Å². The normalized spacial score (nSPS) is 15.1. The van der Waals surface area contributed by atoms with E-state index in [0.29, 0.717) is 13.0 Å². The number of phenolic OH excluding ortho intramolecular Hbond substituents is 1. The summed E-state index contributed by atoms with van der Waals surface area (Å²) in [4.78, 5) is 26.5. The number of phenols is 1. The Labute approximate surface area is 165 Å². The Bertz CT molecular complexity index is 769. The quantitative estimate of drug-likeness (QED) is 0.667. The van der Waals surface area contributed by atoms with E-state index in [9.17, 15) is 14.7 Å². The van der Waals surface area contributed by atoms with E-state index in [0.717, 1.165) is 38.0 Å². The Morgan fingerprint density at radius 2 is 1.61 bits per heavy atom. The molecule has 0 radical (unpaired) electrons. The van der Waals surface area contributed by atoms with Gasteiger partial charge in [0, 0.05) is 32.2 Å². The maximum atomic E-state index is 12.1. The van der Waals surface area contributed by atoms with E-state index in [-0.39, 0.29) is 11.8 Å². The van der Waals surface area contributed by atoms with E-state index in [1.165, 1.54) is 5.56 Å². The fourth-order valence-corrected chi connectivity index (χ4v) is 3.39. The van der Waals surface area contributed by atoms with Gasteiger partial charge < -0.3 is 15.7 Å². The molecule has 0 saturated carbocycles. The van der Waals surface area contributed by atoms with Crippen LogP contribution in [0.5, 0.6) is 5.75 Å². The van der Waals surface area contributed by atoms with Gasteiger partial charge in [0.1, 0.15) is 5.75 Å². The Morgan fingerprint density at radius 3 is 2.29 bits per heavy atom. The van der Waals surface area contributed by atoms with Gasteiger partial charge in [0.25, 0.3) is 0 Å². The van der Waals surface area contributed by atoms with Crippen LogP contribution in [0, 0.1) is 0 Å². The van der Waals surface area contributed by atoms with Crippen molar-refractivity contribution in [1.29, 1.82) is 0 Å². The number of carbonyl (C=O) groups excluding carboxylic acids is 2. The minimum atomic E-state index is -0.592. The lowest BCUT2D eigenvalue weighted by Gasteiger charge is -2.32. The Morgan fingerprint density at radius 1 is 0.929 bits per heavy atom. The minimum Gasteiger partial charge on any atom is -0.508 e. The predicted molar refractivity (Wildman–Crippen MR) is 108 cm³/mol. The highest BCUT2D eigenvalue weighted by Gasteiger charge is 2.23. The average molecular weight is 381 g/mol. The number of nitrogens with one attached hydrogen (secondary N) is 2. The number of benzene rings is 2. The molecule has 1 heterocycles. The van der Waals surface area contributed by atoms with E-state index in [4.69, 9.17) is 0 Å². The van der Waals surface area contributed by atoms with Crippen LogP contribution >= 0.6 is 0 Å². The van der Waals surface area contributed by atoms with Gasteiger partial charge in [0.15, 0.2) is 0 Å². The molecule has 28 heavy (non-hydrogen) atoms. The molecule has 0 atom stereocenters. The van der Waals surface area contributed by atoms with Crippen LogP contribution in [0.4, 0.5) is 0 Å². The van der Waals surface area contributed by atoms with Gasteiger partial charge in [-0.25, -0.2) is 0 Å². The highest BCUT2D eigenvalue weighted by molar-refractivity contribution is 6.35. The van der Waals surface area contributed by atoms with Crippen LogP contribution in [0.15, 0.2) is 54.6 Å². The van der Waals surface area contributed by atoms with E-state index in [2.05, 4.69) is 27.7 Å². The first-order valence-electron chi connectivity index (χ1n) is 9.73. The largest absolute Gasteiger partial charge is 0.508 e. The monoisotopic (exact) mass is 381 g/mol. The number of hydrogen-bond acceptors (Lipinski definition) is 4. The summed E-state index contributed by atoms with van der Waals surface area (Å²) in [6, 6.07) is 17.2. The maximum Gasteiger partial charge on any atom is 0.309 e. The number of piperidine rings is 1. The third-order valence-corrected chi connectivity index (χ3v) is 5.01. The maximum absolute atomic E-state index is 12.1. The standard InChI is InChI=1S/C22H27N3O3/c26-20-8-6-17(7-9-20)10-13-23-21(27)22(28)24-19-11-14-25(15-12-19)16-18-4-2-1-3-5-18/h1-9,19,26H,10-16H2,(H,23,27)(H,24,28). The van der Waals surface area contributed by atoms with Gasteiger partial charge in [-0.3, -0.25) is 14.5 Å². The number of hydrogen-bond donors (Lipinski definition) is 3. The molecule has 6 nitrogen and oxygen atoms in total. The van der Waals surface area contributed by atoms with Gasteiger partial charge in [-0.15, -0.1) is 0 Å². The molecule has 2 amide bonds. The van der Waals surface area contributed by atoms with Crippen LogP contribution in [0.1, 0.15) is 24.0 Å². The first kappa shape index (κ1) is 19.9. The predicted octanol–water partition coefficient (Wildman–Crippen LogP) is 1.83. The van der Waals surface area contributed by atoms with Crippen LogP contribution in [-0.2, 0) is 22.6 Å². The summed E-state index contributed by atoms with van der Waals surface area (Å²) in [7, 11) is 0. The third-order valence-electron chi connectivity index (χ3n) is 5.01. The molecule has 1 aliphatic heterocycles. The van der Waals surface area contributed by atoms with Gasteiger partial charge in [-0.2, -0.15) is 0 Å². The van der Waals surface area contributed by atoms with Crippen molar-refractivity contribution < 1.29 is 14.7 Å². The molecular weight excluding hydrogens is 354 g/mol. The van der Waals surface area contributed by atoms with Gasteiger partial charge >= 0.3 is 11.8 Å². The van der Waals surface area contributed by atoms with Crippen LogP contribution in [-0.4, -0.2) is 47.5 Å². The van der Waals surface area contributed by atoms with E-state index >= 15 is 0 Å². The average Bonchev–Trinajstić information content (AvgIpc) is 2.71. The summed E-state index contributed by atoms with van der Waals surface area (Å²) >= 11 is 0. The molecule has 0 spiro atoms. The van der Waals surface area contributed by atoms with Crippen LogP contribution < -0.4 is 10.6 Å². The number of rotatable bonds is 6. The van der Waals surface area contributed by atoms with Crippen molar-refractivity contribution in [2.75, 3.05) is 19.6 Å². The van der Waals surface area contributed by atoms with Crippen molar-refractivity contribution >= 4 is 11.8 Å². The van der Waals surface area contributed by atoms with Crippen molar-refractivity contribution in [3.8, 4) is 5.75 Å². The Hall–Kier alpha value is -2.86. The lowest BCUT2D eigenvalue weighted by molar-refractivity contribution is -0.139. The van der Waals surface area contributed by atoms with Crippen molar-refractivity contribution in [3.63, 3.8) is 0 Å². The Kier molecular flexibility index (Phi) is 7.03. The molecule has 0 unspecified atom stereocenters. The van der Waals surface area contributed by atoms with E-state index < -0.39 is 11.8 Å². The van der Waals surface area contributed by atoms with E-state index in [1.54, 1.807) is 24.3 Å². The zero-order valence-electron chi connectivity index (χ0n) is 15.9. The number of likely N-dealkylation sites (tertiary alicyclic amines) is 1. The van der Waals surface area contributed by atoms with Crippen molar-refractivity contribution in [1.82, 2.24) is 15.5 Å². The van der Waals surface area contributed by atoms with Gasteiger partial charge in [0.2, 0.25) is 0 Å². The minimum absolute atomic E-state index is 0.0439. The van der Waals surface area contributed by atoms with Crippen LogP contribution in [0.2, 0.25) is 0 Å². The first-order chi connectivity index (χ1) is 13.6. The van der Waals surface area contributed by atoms with Gasteiger partial charge in [-0.1, -0.05) is 42.5 Å². The summed E-state index contributed by atoms with van der Waals surface area (Å²) in [5, 5.41) is 14.8. The molecule has 0 bridgehead atoms. The molecule has 1 fully saturated rings. The van der Waals surface area contributed by atoms with Crippen molar-refractivity contribution in [2.45, 2.75) is 31.8 Å². The molecule has 2 aromatic carbocycles. The summed E-state index contributed by atoms with van der Waals surface area (Å²) in [5.74, 6) is -0.945. The molecule has 1 saturated heterocycles. The summed E-state index contributed by atoms with van der Waals surface area (Å²) < 4.78 is 0. The topological polar surface area (TPSA) is 81.7 Å². The van der Waals surface area contributed by atoms with Gasteiger partial charge in [-0.05, 0) is 42.5 Å². The summed E-state index contributed by atoms with van der Waals surface area (Å²) in [6.45, 7) is 3.11. The summed E-state index contributed by atoms with van der Waals surface area (Å²) in [6.07, 6.45) is 2.30. The zero-order chi connectivity index (χ0) is 19.8. The second-order valence-electron chi connectivity index (χ2n) is 7.18. The number of nitrogens with zero attached hydrogens (tertiary/aromatic N) is 1. The summed E-state index contributed by atoms with van der Waals surface area (Å²) in [5.41, 5.74) is 2.28. The molecule has 1 aliphatic rings.